The van der Waals surface area contributed by atoms with Crippen molar-refractivity contribution in [3.05, 3.63) is 22.7 Å². The Morgan fingerprint density at radius 3 is 2.79 bits per heavy atom. The van der Waals surface area contributed by atoms with Crippen LogP contribution in [0.5, 0.6) is 0 Å². The van der Waals surface area contributed by atoms with Crippen LogP contribution in [-0.4, -0.2) is 23.7 Å². The number of carboxylic acid groups (broad SMARTS) is 1. The molecule has 0 aromatic heterocycles. The summed E-state index contributed by atoms with van der Waals surface area (Å²) in [6.45, 7) is 0.477. The molecule has 1 aliphatic rings. The highest BCUT2D eigenvalue weighted by Gasteiger charge is 2.32. The topological polar surface area (TPSA) is 90.4 Å². The molecule has 0 bridgehead atoms. The summed E-state index contributed by atoms with van der Waals surface area (Å²) in [7, 11) is 0. The monoisotopic (exact) mass is 279 g/mol. The highest BCUT2D eigenvalue weighted by molar-refractivity contribution is 6.34. The second-order valence-electron chi connectivity index (χ2n) is 4.54. The van der Waals surface area contributed by atoms with Crippen molar-refractivity contribution in [2.24, 2.45) is 0 Å². The molecule has 5 nitrogen and oxygen atoms in total. The van der Waals surface area contributed by atoms with E-state index in [2.05, 4.69) is 6.07 Å². The molecule has 2 rings (SSSR count). The molecular formula is C13H14ClN3O2. The Morgan fingerprint density at radius 1 is 1.58 bits per heavy atom. The second-order valence-corrected chi connectivity index (χ2v) is 4.94. The van der Waals surface area contributed by atoms with Crippen molar-refractivity contribution >= 4 is 28.9 Å². The first kappa shape index (κ1) is 13.5. The quantitative estimate of drug-likeness (QED) is 0.808. The number of nitrogen functional groups attached to an aromatic ring is 1. The van der Waals surface area contributed by atoms with Crippen LogP contribution in [0.4, 0.5) is 11.4 Å². The number of carbonyl (C=O) groups is 1. The summed E-state index contributed by atoms with van der Waals surface area (Å²) >= 11 is 6.16. The molecule has 0 saturated heterocycles. The highest BCUT2D eigenvalue weighted by Crippen LogP contribution is 2.39. The molecule has 0 atom stereocenters. The summed E-state index contributed by atoms with van der Waals surface area (Å²) in [4.78, 5) is 13.3. The van der Waals surface area contributed by atoms with Crippen molar-refractivity contribution < 1.29 is 9.90 Å². The van der Waals surface area contributed by atoms with Crippen LogP contribution in [0, 0.1) is 11.3 Å². The molecule has 100 valence electrons. The van der Waals surface area contributed by atoms with Crippen LogP contribution in [0.25, 0.3) is 0 Å². The summed E-state index contributed by atoms with van der Waals surface area (Å²) in [5, 5.41) is 18.3. The fourth-order valence-corrected chi connectivity index (χ4v) is 2.44. The minimum absolute atomic E-state index is 0.0924. The first-order valence-electron chi connectivity index (χ1n) is 6.00. The summed E-state index contributed by atoms with van der Waals surface area (Å²) in [6, 6.07) is 5.30. The van der Waals surface area contributed by atoms with Gasteiger partial charge < -0.3 is 15.7 Å². The lowest BCUT2D eigenvalue weighted by atomic mass is 10.1. The molecule has 1 aromatic carbocycles. The summed E-state index contributed by atoms with van der Waals surface area (Å²) in [5.74, 6) is -1.06. The minimum Gasteiger partial charge on any atom is -0.478 e. The van der Waals surface area contributed by atoms with Gasteiger partial charge in [0.15, 0.2) is 0 Å². The van der Waals surface area contributed by atoms with Crippen molar-refractivity contribution in [1.29, 1.82) is 5.26 Å². The number of halogens is 1. The van der Waals surface area contributed by atoms with E-state index in [1.807, 2.05) is 4.90 Å². The number of rotatable bonds is 5. The van der Waals surface area contributed by atoms with Gasteiger partial charge in [0.2, 0.25) is 0 Å². The standard InChI is InChI=1S/C13H14ClN3O2/c14-11-7-8(16)6-10(13(18)19)12(11)17(5-1-4-15)9-2-3-9/h6-7,9H,1-3,5,16H2,(H,18,19). The van der Waals surface area contributed by atoms with Gasteiger partial charge in [-0.3, -0.25) is 0 Å². The second kappa shape index (κ2) is 5.37. The van der Waals surface area contributed by atoms with Gasteiger partial charge in [-0.15, -0.1) is 0 Å². The van der Waals surface area contributed by atoms with Crippen LogP contribution in [0.1, 0.15) is 29.6 Å². The molecule has 3 N–H and O–H groups in total. The third-order valence-electron chi connectivity index (χ3n) is 3.06. The Kier molecular flexibility index (Phi) is 3.82. The Balaban J connectivity index is 2.45. The lowest BCUT2D eigenvalue weighted by Gasteiger charge is -2.26. The smallest absolute Gasteiger partial charge is 0.337 e. The Hall–Kier alpha value is -1.93. The number of anilines is 2. The van der Waals surface area contributed by atoms with Crippen LogP contribution < -0.4 is 10.6 Å². The maximum atomic E-state index is 11.3. The van der Waals surface area contributed by atoms with E-state index in [0.717, 1.165) is 12.8 Å². The first-order valence-corrected chi connectivity index (χ1v) is 6.38. The molecule has 19 heavy (non-hydrogen) atoms. The average molecular weight is 280 g/mol. The SMILES string of the molecule is N#CCCN(c1c(Cl)cc(N)cc1C(=O)O)C1CC1. The van der Waals surface area contributed by atoms with E-state index < -0.39 is 5.97 Å². The number of nitrogens with zero attached hydrogens (tertiary/aromatic N) is 2. The van der Waals surface area contributed by atoms with Crippen LogP contribution in [0.2, 0.25) is 5.02 Å². The Morgan fingerprint density at radius 2 is 2.26 bits per heavy atom. The number of carboxylic acids is 1. The molecule has 0 amide bonds. The number of aromatic carboxylic acids is 1. The molecule has 6 heteroatoms. The van der Waals surface area contributed by atoms with Crippen molar-refractivity contribution in [2.75, 3.05) is 17.2 Å². The van der Waals surface area contributed by atoms with E-state index in [-0.39, 0.29) is 11.6 Å². The molecule has 1 fully saturated rings. The summed E-state index contributed by atoms with van der Waals surface area (Å²) in [6.07, 6.45) is 2.31. The molecule has 0 spiro atoms. The van der Waals surface area contributed by atoms with Crippen LogP contribution in [-0.2, 0) is 0 Å². The van der Waals surface area contributed by atoms with Crippen LogP contribution in [0.3, 0.4) is 0 Å². The third-order valence-corrected chi connectivity index (χ3v) is 3.34. The van der Waals surface area contributed by atoms with Crippen molar-refractivity contribution in [1.82, 2.24) is 0 Å². The zero-order valence-electron chi connectivity index (χ0n) is 10.3. The maximum Gasteiger partial charge on any atom is 0.337 e. The van der Waals surface area contributed by atoms with E-state index in [0.29, 0.717) is 29.4 Å². The van der Waals surface area contributed by atoms with E-state index in [1.165, 1.54) is 6.07 Å². The molecule has 0 unspecified atom stereocenters. The largest absolute Gasteiger partial charge is 0.478 e. The van der Waals surface area contributed by atoms with Crippen LogP contribution in [0.15, 0.2) is 12.1 Å². The minimum atomic E-state index is -1.06. The normalized spacial score (nSPS) is 13.9. The number of nitriles is 1. The molecule has 1 aromatic rings. The zero-order valence-corrected chi connectivity index (χ0v) is 11.0. The molecule has 0 radical (unpaired) electrons. The number of hydrogen-bond donors (Lipinski definition) is 2. The summed E-state index contributed by atoms with van der Waals surface area (Å²) in [5.41, 5.74) is 6.53. The van der Waals surface area contributed by atoms with Gasteiger partial charge >= 0.3 is 5.97 Å². The predicted molar refractivity (Wildman–Crippen MR) is 73.4 cm³/mol. The Bertz CT molecular complexity index is 550. The van der Waals surface area contributed by atoms with Crippen molar-refractivity contribution in [3.63, 3.8) is 0 Å². The van der Waals surface area contributed by atoms with E-state index in [1.54, 1.807) is 6.07 Å². The van der Waals surface area contributed by atoms with Gasteiger partial charge in [-0.25, -0.2) is 4.79 Å². The Labute approximate surface area is 116 Å². The average Bonchev–Trinajstić information content (AvgIpc) is 3.15. The maximum absolute atomic E-state index is 11.3. The molecule has 0 aliphatic heterocycles. The van der Waals surface area contributed by atoms with Crippen molar-refractivity contribution in [3.8, 4) is 6.07 Å². The highest BCUT2D eigenvalue weighted by atomic mass is 35.5. The van der Waals surface area contributed by atoms with Gasteiger partial charge in [-0.1, -0.05) is 11.6 Å². The first-order chi connectivity index (χ1) is 9.04. The molecule has 1 saturated carbocycles. The number of hydrogen-bond acceptors (Lipinski definition) is 4. The van der Waals surface area contributed by atoms with E-state index >= 15 is 0 Å². The van der Waals surface area contributed by atoms with Gasteiger partial charge in [0, 0.05) is 18.3 Å². The summed E-state index contributed by atoms with van der Waals surface area (Å²) < 4.78 is 0. The van der Waals surface area contributed by atoms with Gasteiger partial charge in [0.1, 0.15) is 0 Å². The third kappa shape index (κ3) is 2.91. The molecular weight excluding hydrogens is 266 g/mol. The van der Waals surface area contributed by atoms with Crippen LogP contribution >= 0.6 is 11.6 Å². The predicted octanol–water partition coefficient (Wildman–Crippen LogP) is 2.50. The lowest BCUT2D eigenvalue weighted by Crippen LogP contribution is -2.29. The molecule has 1 aliphatic carbocycles. The van der Waals surface area contributed by atoms with Gasteiger partial charge in [0.05, 0.1) is 28.8 Å². The fraction of sp³-hybridized carbons (Fsp3) is 0.385. The van der Waals surface area contributed by atoms with Crippen molar-refractivity contribution in [2.45, 2.75) is 25.3 Å². The van der Waals surface area contributed by atoms with Gasteiger partial charge in [-0.05, 0) is 25.0 Å². The van der Waals surface area contributed by atoms with Gasteiger partial charge in [-0.2, -0.15) is 5.26 Å². The van der Waals surface area contributed by atoms with Gasteiger partial charge in [0.25, 0.3) is 0 Å². The van der Waals surface area contributed by atoms with E-state index in [4.69, 9.17) is 22.6 Å². The molecule has 0 heterocycles. The van der Waals surface area contributed by atoms with E-state index in [9.17, 15) is 9.90 Å². The fourth-order valence-electron chi connectivity index (χ4n) is 2.11. The lowest BCUT2D eigenvalue weighted by molar-refractivity contribution is 0.0697. The zero-order chi connectivity index (χ0) is 14.0. The number of nitrogens with two attached hydrogens (primary N) is 1. The number of benzene rings is 1.